The van der Waals surface area contributed by atoms with Crippen LogP contribution >= 0.6 is 0 Å². The summed E-state index contributed by atoms with van der Waals surface area (Å²) in [4.78, 5) is 18.2. The molecule has 0 heterocycles. The van der Waals surface area contributed by atoms with Gasteiger partial charge < -0.3 is 30.1 Å². The molecule has 8 nitrogen and oxygen atoms in total. The maximum absolute atomic E-state index is 9.13. The van der Waals surface area contributed by atoms with Gasteiger partial charge in [-0.15, -0.1) is 0 Å². The highest BCUT2D eigenvalue weighted by Crippen LogP contribution is 2.24. The highest BCUT2D eigenvalue weighted by molar-refractivity contribution is 6.27. The van der Waals surface area contributed by atoms with E-state index in [4.69, 9.17) is 34.4 Å². The molecule has 2 aromatic carbocycles. The number of aliphatic carboxylic acids is 2. The number of hydrogen-bond donors (Lipinski definition) is 4. The molecule has 4 N–H and O–H groups in total. The van der Waals surface area contributed by atoms with Gasteiger partial charge in [0.2, 0.25) is 0 Å². The zero-order valence-corrected chi connectivity index (χ0v) is 15.6. The van der Waals surface area contributed by atoms with Crippen LogP contribution < -0.4 is 14.8 Å². The first-order chi connectivity index (χ1) is 13.4. The molecule has 0 fully saturated rings. The van der Waals surface area contributed by atoms with E-state index in [0.29, 0.717) is 13.2 Å². The number of carbonyl (C=O) groups is 2. The Labute approximate surface area is 163 Å². The number of hydrogen-bond acceptors (Lipinski definition) is 6. The van der Waals surface area contributed by atoms with Gasteiger partial charge in [-0.3, -0.25) is 0 Å². The number of nitrogens with one attached hydrogen (secondary N) is 1. The lowest BCUT2D eigenvalue weighted by atomic mass is 10.3. The second kappa shape index (κ2) is 13.1. The van der Waals surface area contributed by atoms with Crippen LogP contribution in [0.2, 0.25) is 0 Å². The fraction of sp³-hybridized carbons (Fsp3) is 0.300. The predicted octanol–water partition coefficient (Wildman–Crippen LogP) is 2.37. The van der Waals surface area contributed by atoms with E-state index in [-0.39, 0.29) is 6.10 Å². The van der Waals surface area contributed by atoms with Crippen LogP contribution in [-0.2, 0) is 9.59 Å². The van der Waals surface area contributed by atoms with Crippen LogP contribution in [0, 0.1) is 0 Å². The Morgan fingerprint density at radius 2 is 1.57 bits per heavy atom. The molecule has 0 aliphatic carbocycles. The minimum absolute atomic E-state index is 0.312. The number of aliphatic hydroxyl groups excluding tert-OH is 1. The van der Waals surface area contributed by atoms with Crippen LogP contribution in [0.1, 0.15) is 13.3 Å². The number of carboxylic acid groups (broad SMARTS) is 2. The van der Waals surface area contributed by atoms with Crippen LogP contribution in [0.15, 0.2) is 54.6 Å². The van der Waals surface area contributed by atoms with Crippen LogP contribution in [0.4, 0.5) is 0 Å². The highest BCUT2D eigenvalue weighted by Gasteiger charge is 2.04. The smallest absolute Gasteiger partial charge is 0.414 e. The van der Waals surface area contributed by atoms with Gasteiger partial charge in [-0.1, -0.05) is 24.3 Å². The molecule has 0 aliphatic heterocycles. The first-order valence-corrected chi connectivity index (χ1v) is 8.69. The van der Waals surface area contributed by atoms with Crippen LogP contribution in [0.25, 0.3) is 0 Å². The lowest BCUT2D eigenvalue weighted by Gasteiger charge is -2.10. The molecule has 2 aromatic rings. The maximum Gasteiger partial charge on any atom is 0.414 e. The predicted molar refractivity (Wildman–Crippen MR) is 103 cm³/mol. The molecule has 2 rings (SSSR count). The summed E-state index contributed by atoms with van der Waals surface area (Å²) >= 11 is 0. The average molecular weight is 391 g/mol. The van der Waals surface area contributed by atoms with E-state index < -0.39 is 11.9 Å². The van der Waals surface area contributed by atoms with Crippen molar-refractivity contribution in [2.45, 2.75) is 19.4 Å². The monoisotopic (exact) mass is 391 g/mol. The van der Waals surface area contributed by atoms with Gasteiger partial charge in [0.05, 0.1) is 12.7 Å². The first kappa shape index (κ1) is 22.9. The minimum Gasteiger partial charge on any atom is -0.493 e. The minimum atomic E-state index is -1.82. The standard InChI is InChI=1S/C18H23NO3.C2H2O4/c1-15(20)14-19-11-6-12-21-17-9-5-10-18(13-17)22-16-7-3-2-4-8-16;3-1(4)2(5)6/h2-5,7-10,13,15,19-20H,6,11-12,14H2,1H3;(H,3,4)(H,5,6). The number of rotatable bonds is 9. The molecule has 0 spiro atoms. The fourth-order valence-electron chi connectivity index (χ4n) is 1.95. The largest absolute Gasteiger partial charge is 0.493 e. The average Bonchev–Trinajstić information content (AvgIpc) is 2.66. The van der Waals surface area contributed by atoms with E-state index in [1.807, 2.05) is 54.6 Å². The molecule has 1 atom stereocenters. The summed E-state index contributed by atoms with van der Waals surface area (Å²) in [5, 5.41) is 27.1. The third-order valence-electron chi connectivity index (χ3n) is 3.17. The Balaban J connectivity index is 0.000000568. The molecule has 0 amide bonds. The van der Waals surface area contributed by atoms with Gasteiger partial charge in [0.25, 0.3) is 0 Å². The molecule has 0 radical (unpaired) electrons. The number of ether oxygens (including phenoxy) is 2. The van der Waals surface area contributed by atoms with Gasteiger partial charge in [-0.05, 0) is 44.2 Å². The molecule has 152 valence electrons. The molecule has 0 saturated heterocycles. The number of aliphatic hydroxyl groups is 1. The lowest BCUT2D eigenvalue weighted by Crippen LogP contribution is -2.26. The fourth-order valence-corrected chi connectivity index (χ4v) is 1.95. The Hall–Kier alpha value is -3.10. The van der Waals surface area contributed by atoms with Crippen molar-refractivity contribution in [1.82, 2.24) is 5.32 Å². The second-order valence-corrected chi connectivity index (χ2v) is 5.76. The van der Waals surface area contributed by atoms with E-state index in [0.717, 1.165) is 30.2 Å². The molecule has 0 saturated carbocycles. The number of carboxylic acids is 2. The summed E-state index contributed by atoms with van der Waals surface area (Å²) < 4.78 is 11.5. The van der Waals surface area contributed by atoms with E-state index in [2.05, 4.69) is 5.32 Å². The zero-order valence-electron chi connectivity index (χ0n) is 15.6. The third-order valence-corrected chi connectivity index (χ3v) is 3.17. The summed E-state index contributed by atoms with van der Waals surface area (Å²) in [7, 11) is 0. The Morgan fingerprint density at radius 1 is 0.964 bits per heavy atom. The normalized spacial score (nSPS) is 10.9. The van der Waals surface area contributed by atoms with E-state index in [1.165, 1.54) is 0 Å². The van der Waals surface area contributed by atoms with Crippen molar-refractivity contribution in [3.8, 4) is 17.2 Å². The zero-order chi connectivity index (χ0) is 20.8. The van der Waals surface area contributed by atoms with Crippen LogP contribution in [-0.4, -0.2) is 53.1 Å². The van der Waals surface area contributed by atoms with Crippen molar-refractivity contribution < 1.29 is 34.4 Å². The van der Waals surface area contributed by atoms with Gasteiger partial charge in [0.1, 0.15) is 17.2 Å². The summed E-state index contributed by atoms with van der Waals surface area (Å²) in [5.74, 6) is -1.29. The Kier molecular flexibility index (Phi) is 10.8. The van der Waals surface area contributed by atoms with Crippen LogP contribution in [0.5, 0.6) is 17.2 Å². The van der Waals surface area contributed by atoms with Crippen LogP contribution in [0.3, 0.4) is 0 Å². The summed E-state index contributed by atoms with van der Waals surface area (Å²) in [5.41, 5.74) is 0. The third kappa shape index (κ3) is 10.8. The van der Waals surface area contributed by atoms with E-state index >= 15 is 0 Å². The van der Waals surface area contributed by atoms with E-state index in [9.17, 15) is 0 Å². The first-order valence-electron chi connectivity index (χ1n) is 8.69. The molecular formula is C20H25NO7. The molecule has 0 aromatic heterocycles. The Morgan fingerprint density at radius 3 is 2.18 bits per heavy atom. The van der Waals surface area contributed by atoms with Crippen molar-refractivity contribution in [3.63, 3.8) is 0 Å². The molecular weight excluding hydrogens is 366 g/mol. The van der Waals surface area contributed by atoms with E-state index in [1.54, 1.807) is 6.92 Å². The molecule has 8 heteroatoms. The number of benzene rings is 2. The molecule has 28 heavy (non-hydrogen) atoms. The second-order valence-electron chi connectivity index (χ2n) is 5.76. The molecule has 0 bridgehead atoms. The van der Waals surface area contributed by atoms with Gasteiger partial charge in [-0.2, -0.15) is 0 Å². The SMILES string of the molecule is CC(O)CNCCCOc1cccc(Oc2ccccc2)c1.O=C(O)C(=O)O. The highest BCUT2D eigenvalue weighted by atomic mass is 16.5. The maximum atomic E-state index is 9.13. The van der Waals surface area contributed by atoms with Crippen molar-refractivity contribution in [1.29, 1.82) is 0 Å². The topological polar surface area (TPSA) is 125 Å². The van der Waals surface area contributed by atoms with Crippen molar-refractivity contribution in [2.75, 3.05) is 19.7 Å². The van der Waals surface area contributed by atoms with Gasteiger partial charge in [-0.25, -0.2) is 9.59 Å². The van der Waals surface area contributed by atoms with Crippen molar-refractivity contribution in [2.24, 2.45) is 0 Å². The van der Waals surface area contributed by atoms with Gasteiger partial charge in [0.15, 0.2) is 0 Å². The summed E-state index contributed by atoms with van der Waals surface area (Å²) in [6, 6.07) is 17.3. The van der Waals surface area contributed by atoms with Crippen molar-refractivity contribution >= 4 is 11.9 Å². The molecule has 0 aliphatic rings. The molecule has 1 unspecified atom stereocenters. The van der Waals surface area contributed by atoms with Crippen molar-refractivity contribution in [3.05, 3.63) is 54.6 Å². The summed E-state index contributed by atoms with van der Waals surface area (Å²) in [6.45, 7) is 3.83. The van der Waals surface area contributed by atoms with Gasteiger partial charge in [0, 0.05) is 12.6 Å². The van der Waals surface area contributed by atoms with Gasteiger partial charge >= 0.3 is 11.9 Å². The lowest BCUT2D eigenvalue weighted by molar-refractivity contribution is -0.159. The quantitative estimate of drug-likeness (QED) is 0.379. The Bertz CT molecular complexity index is 708. The summed E-state index contributed by atoms with van der Waals surface area (Å²) in [6.07, 6.45) is 0.573. The number of para-hydroxylation sites is 1.